The number of aliphatic hydroxyl groups is 1. The zero-order valence-corrected chi connectivity index (χ0v) is 9.54. The summed E-state index contributed by atoms with van der Waals surface area (Å²) >= 11 is 0. The maximum Gasteiger partial charge on any atom is 0.0431 e. The molecule has 2 heteroatoms. The molecule has 0 radical (unpaired) electrons. The fourth-order valence-corrected chi connectivity index (χ4v) is 2.26. The van der Waals surface area contributed by atoms with Crippen LogP contribution < -0.4 is 0 Å². The first-order chi connectivity index (χ1) is 6.86. The molecule has 1 fully saturated rings. The van der Waals surface area contributed by atoms with Gasteiger partial charge in [0.2, 0.25) is 0 Å². The van der Waals surface area contributed by atoms with Crippen LogP contribution in [0.2, 0.25) is 0 Å². The highest BCUT2D eigenvalue weighted by Gasteiger charge is 2.17. The van der Waals surface area contributed by atoms with Crippen molar-refractivity contribution in [2.45, 2.75) is 45.4 Å². The Bertz CT molecular complexity index is 114. The summed E-state index contributed by atoms with van der Waals surface area (Å²) in [6, 6.07) is 0. The first kappa shape index (κ1) is 12.0. The normalized spacial score (nSPS) is 20.1. The standard InChI is InChI=1S/C12H25NO/c1-2-3-8-13-9-6-12(7-10-13)5-4-11-14/h12,14H,2-11H2,1H3. The van der Waals surface area contributed by atoms with E-state index in [0.29, 0.717) is 6.61 Å². The van der Waals surface area contributed by atoms with Crippen LogP contribution in [0.4, 0.5) is 0 Å². The SMILES string of the molecule is CCCCN1CCC(CCCO)CC1. The molecule has 1 N–H and O–H groups in total. The summed E-state index contributed by atoms with van der Waals surface area (Å²) < 4.78 is 0. The smallest absolute Gasteiger partial charge is 0.0431 e. The van der Waals surface area contributed by atoms with Gasteiger partial charge in [-0.25, -0.2) is 0 Å². The van der Waals surface area contributed by atoms with Crippen molar-refractivity contribution in [1.82, 2.24) is 4.90 Å². The second kappa shape index (κ2) is 7.24. The highest BCUT2D eigenvalue weighted by atomic mass is 16.2. The zero-order valence-electron chi connectivity index (χ0n) is 9.54. The summed E-state index contributed by atoms with van der Waals surface area (Å²) in [6.45, 7) is 6.50. The Labute approximate surface area is 88.3 Å². The molecule has 1 heterocycles. The Morgan fingerprint density at radius 1 is 1.21 bits per heavy atom. The van der Waals surface area contributed by atoms with Crippen molar-refractivity contribution < 1.29 is 5.11 Å². The van der Waals surface area contributed by atoms with Gasteiger partial charge in [-0.3, -0.25) is 0 Å². The van der Waals surface area contributed by atoms with Crippen LogP contribution >= 0.6 is 0 Å². The summed E-state index contributed by atoms with van der Waals surface area (Å²) in [7, 11) is 0. The number of aliphatic hydroxyl groups excluding tert-OH is 1. The molecule has 0 aromatic heterocycles. The molecular weight excluding hydrogens is 174 g/mol. The van der Waals surface area contributed by atoms with Gasteiger partial charge in [-0.1, -0.05) is 13.3 Å². The molecule has 1 rings (SSSR count). The van der Waals surface area contributed by atoms with E-state index in [9.17, 15) is 0 Å². The summed E-state index contributed by atoms with van der Waals surface area (Å²) in [5, 5.41) is 8.75. The van der Waals surface area contributed by atoms with E-state index in [1.54, 1.807) is 0 Å². The van der Waals surface area contributed by atoms with E-state index in [1.165, 1.54) is 51.7 Å². The van der Waals surface area contributed by atoms with E-state index in [0.717, 1.165) is 12.3 Å². The third kappa shape index (κ3) is 4.43. The molecule has 0 aromatic carbocycles. The molecule has 0 aromatic rings. The minimum Gasteiger partial charge on any atom is -0.396 e. The van der Waals surface area contributed by atoms with Crippen LogP contribution in [0.1, 0.15) is 45.4 Å². The van der Waals surface area contributed by atoms with Crippen LogP contribution in [0.5, 0.6) is 0 Å². The number of rotatable bonds is 6. The van der Waals surface area contributed by atoms with E-state index in [4.69, 9.17) is 5.11 Å². The van der Waals surface area contributed by atoms with Crippen molar-refractivity contribution >= 4 is 0 Å². The van der Waals surface area contributed by atoms with Gasteiger partial charge >= 0.3 is 0 Å². The Morgan fingerprint density at radius 3 is 2.50 bits per heavy atom. The second-order valence-corrected chi connectivity index (χ2v) is 4.50. The maximum atomic E-state index is 8.75. The summed E-state index contributed by atoms with van der Waals surface area (Å²) in [5.74, 6) is 0.889. The van der Waals surface area contributed by atoms with Gasteiger partial charge in [0.15, 0.2) is 0 Å². The lowest BCUT2D eigenvalue weighted by Gasteiger charge is -2.31. The molecule has 0 aliphatic carbocycles. The third-order valence-electron chi connectivity index (χ3n) is 3.31. The molecule has 0 saturated carbocycles. The molecular formula is C12H25NO. The average molecular weight is 199 g/mol. The van der Waals surface area contributed by atoms with Crippen LogP contribution in [-0.2, 0) is 0 Å². The molecule has 0 unspecified atom stereocenters. The van der Waals surface area contributed by atoms with Crippen LogP contribution in [0.3, 0.4) is 0 Å². The van der Waals surface area contributed by atoms with Gasteiger partial charge in [0.05, 0.1) is 0 Å². The van der Waals surface area contributed by atoms with E-state index < -0.39 is 0 Å². The van der Waals surface area contributed by atoms with Crippen molar-refractivity contribution in [3.8, 4) is 0 Å². The third-order valence-corrected chi connectivity index (χ3v) is 3.31. The first-order valence-corrected chi connectivity index (χ1v) is 6.20. The Morgan fingerprint density at radius 2 is 1.93 bits per heavy atom. The summed E-state index contributed by atoms with van der Waals surface area (Å²) in [6.07, 6.45) is 7.59. The van der Waals surface area contributed by atoms with Crippen molar-refractivity contribution in [3.63, 3.8) is 0 Å². The van der Waals surface area contributed by atoms with Gasteiger partial charge in [-0.2, -0.15) is 0 Å². The molecule has 1 aliphatic heterocycles. The van der Waals surface area contributed by atoms with E-state index in [-0.39, 0.29) is 0 Å². The molecule has 0 atom stereocenters. The number of nitrogens with zero attached hydrogens (tertiary/aromatic N) is 1. The Hall–Kier alpha value is -0.0800. The van der Waals surface area contributed by atoms with Gasteiger partial charge < -0.3 is 10.0 Å². The minimum atomic E-state index is 0.371. The van der Waals surface area contributed by atoms with Crippen molar-refractivity contribution in [3.05, 3.63) is 0 Å². The number of hydrogen-bond donors (Lipinski definition) is 1. The Kier molecular flexibility index (Phi) is 6.20. The van der Waals surface area contributed by atoms with Gasteiger partial charge in [0.25, 0.3) is 0 Å². The lowest BCUT2D eigenvalue weighted by molar-refractivity contribution is 0.168. The Balaban J connectivity index is 2.05. The number of likely N-dealkylation sites (tertiary alicyclic amines) is 1. The molecule has 1 aliphatic rings. The highest BCUT2D eigenvalue weighted by Crippen LogP contribution is 2.21. The summed E-state index contributed by atoms with van der Waals surface area (Å²) in [4.78, 5) is 2.60. The van der Waals surface area contributed by atoms with Gasteiger partial charge in [0.1, 0.15) is 0 Å². The van der Waals surface area contributed by atoms with Crippen LogP contribution in [0, 0.1) is 5.92 Å². The largest absolute Gasteiger partial charge is 0.396 e. The predicted octanol–water partition coefficient (Wildman–Crippen LogP) is 2.27. The topological polar surface area (TPSA) is 23.5 Å². The quantitative estimate of drug-likeness (QED) is 0.709. The van der Waals surface area contributed by atoms with Gasteiger partial charge in [-0.05, 0) is 57.7 Å². The molecule has 0 bridgehead atoms. The number of piperidine rings is 1. The predicted molar refractivity (Wildman–Crippen MR) is 60.4 cm³/mol. The first-order valence-electron chi connectivity index (χ1n) is 6.20. The second-order valence-electron chi connectivity index (χ2n) is 4.50. The van der Waals surface area contributed by atoms with E-state index in [2.05, 4.69) is 11.8 Å². The fourth-order valence-electron chi connectivity index (χ4n) is 2.26. The zero-order chi connectivity index (χ0) is 10.2. The molecule has 1 saturated heterocycles. The molecule has 84 valence electrons. The summed E-state index contributed by atoms with van der Waals surface area (Å²) in [5.41, 5.74) is 0. The van der Waals surface area contributed by atoms with Crippen molar-refractivity contribution in [1.29, 1.82) is 0 Å². The van der Waals surface area contributed by atoms with Crippen LogP contribution in [0.25, 0.3) is 0 Å². The number of unbranched alkanes of at least 4 members (excludes halogenated alkanes) is 1. The van der Waals surface area contributed by atoms with Crippen molar-refractivity contribution in [2.24, 2.45) is 5.92 Å². The van der Waals surface area contributed by atoms with Crippen LogP contribution in [-0.4, -0.2) is 36.2 Å². The van der Waals surface area contributed by atoms with E-state index in [1.807, 2.05) is 0 Å². The minimum absolute atomic E-state index is 0.371. The monoisotopic (exact) mass is 199 g/mol. The average Bonchev–Trinajstić information content (AvgIpc) is 2.25. The molecule has 0 amide bonds. The van der Waals surface area contributed by atoms with Crippen molar-refractivity contribution in [2.75, 3.05) is 26.2 Å². The highest BCUT2D eigenvalue weighted by molar-refractivity contribution is 4.71. The lowest BCUT2D eigenvalue weighted by Crippen LogP contribution is -2.34. The van der Waals surface area contributed by atoms with E-state index >= 15 is 0 Å². The fraction of sp³-hybridized carbons (Fsp3) is 1.00. The molecule has 14 heavy (non-hydrogen) atoms. The lowest BCUT2D eigenvalue weighted by atomic mass is 9.92. The maximum absolute atomic E-state index is 8.75. The van der Waals surface area contributed by atoms with Gasteiger partial charge in [0, 0.05) is 6.61 Å². The van der Waals surface area contributed by atoms with Gasteiger partial charge in [-0.15, -0.1) is 0 Å². The molecule has 0 spiro atoms. The number of hydrogen-bond acceptors (Lipinski definition) is 2. The molecule has 2 nitrogen and oxygen atoms in total. The van der Waals surface area contributed by atoms with Crippen LogP contribution in [0.15, 0.2) is 0 Å².